The minimum Gasteiger partial charge on any atom is -0.444 e. The molecule has 1 amide bonds. The molecule has 1 atom stereocenters. The molecule has 2 N–H and O–H groups in total. The van der Waals surface area contributed by atoms with E-state index in [4.69, 9.17) is 4.74 Å². The second-order valence-electron chi connectivity index (χ2n) is 6.62. The first-order valence-corrected chi connectivity index (χ1v) is 7.51. The number of carbonyl (C=O) groups excluding carboxylic acids is 1. The van der Waals surface area contributed by atoms with Gasteiger partial charge >= 0.3 is 6.09 Å². The molecule has 4 heteroatoms. The summed E-state index contributed by atoms with van der Waals surface area (Å²) < 4.78 is 5.22. The Morgan fingerprint density at radius 1 is 1.26 bits per heavy atom. The number of hydrogen-bond acceptors (Lipinski definition) is 3. The van der Waals surface area contributed by atoms with Crippen LogP contribution in [-0.4, -0.2) is 29.4 Å². The van der Waals surface area contributed by atoms with Gasteiger partial charge in [0.1, 0.15) is 5.60 Å². The van der Waals surface area contributed by atoms with Crippen LogP contribution in [0.4, 0.5) is 4.79 Å². The standard InChI is InChI=1S/C15H29NO3/c1-15(2,3)19-14(18)16-13(11-17)10-12-8-6-4-5-7-9-12/h12-13,17H,4-11H2,1-3H3,(H,16,18). The number of carbonyl (C=O) groups is 1. The molecule has 0 aromatic heterocycles. The number of aliphatic hydroxyl groups is 1. The largest absolute Gasteiger partial charge is 0.444 e. The smallest absolute Gasteiger partial charge is 0.407 e. The van der Waals surface area contributed by atoms with Crippen molar-refractivity contribution >= 4 is 6.09 Å². The Bertz CT molecular complexity index is 265. The Balaban J connectivity index is 2.37. The Labute approximate surface area is 116 Å². The van der Waals surface area contributed by atoms with Crippen LogP contribution in [-0.2, 0) is 4.74 Å². The molecule has 0 radical (unpaired) electrons. The number of nitrogens with one attached hydrogen (secondary N) is 1. The van der Waals surface area contributed by atoms with E-state index in [-0.39, 0.29) is 12.6 Å². The summed E-state index contributed by atoms with van der Waals surface area (Å²) in [5.41, 5.74) is -0.494. The normalized spacial score (nSPS) is 19.6. The fourth-order valence-electron chi connectivity index (χ4n) is 2.66. The lowest BCUT2D eigenvalue weighted by molar-refractivity contribution is 0.0471. The van der Waals surface area contributed by atoms with Crippen molar-refractivity contribution in [2.45, 2.75) is 77.4 Å². The first-order chi connectivity index (χ1) is 8.90. The van der Waals surface area contributed by atoms with Gasteiger partial charge in [0.15, 0.2) is 0 Å². The summed E-state index contributed by atoms with van der Waals surface area (Å²) in [5, 5.41) is 12.2. The Morgan fingerprint density at radius 3 is 2.32 bits per heavy atom. The number of alkyl carbamates (subject to hydrolysis) is 1. The zero-order chi connectivity index (χ0) is 14.3. The summed E-state index contributed by atoms with van der Waals surface area (Å²) in [4.78, 5) is 11.7. The number of amides is 1. The third-order valence-electron chi connectivity index (χ3n) is 3.53. The van der Waals surface area contributed by atoms with E-state index in [2.05, 4.69) is 5.32 Å². The summed E-state index contributed by atoms with van der Waals surface area (Å²) in [7, 11) is 0. The van der Waals surface area contributed by atoms with Crippen molar-refractivity contribution in [3.63, 3.8) is 0 Å². The molecule has 0 aliphatic heterocycles. The summed E-state index contributed by atoms with van der Waals surface area (Å²) in [5.74, 6) is 0.620. The van der Waals surface area contributed by atoms with E-state index in [0.717, 1.165) is 6.42 Å². The second kappa shape index (κ2) is 7.73. The van der Waals surface area contributed by atoms with Crippen molar-refractivity contribution < 1.29 is 14.6 Å². The molecule has 0 aromatic carbocycles. The van der Waals surface area contributed by atoms with E-state index >= 15 is 0 Å². The van der Waals surface area contributed by atoms with Crippen LogP contribution in [0, 0.1) is 5.92 Å². The minimum atomic E-state index is -0.494. The van der Waals surface area contributed by atoms with Crippen LogP contribution in [0.3, 0.4) is 0 Å². The van der Waals surface area contributed by atoms with Crippen molar-refractivity contribution in [1.82, 2.24) is 5.32 Å². The van der Waals surface area contributed by atoms with Crippen LogP contribution >= 0.6 is 0 Å². The first kappa shape index (κ1) is 16.3. The first-order valence-electron chi connectivity index (χ1n) is 7.51. The highest BCUT2D eigenvalue weighted by molar-refractivity contribution is 5.68. The Kier molecular flexibility index (Phi) is 6.63. The lowest BCUT2D eigenvalue weighted by Gasteiger charge is -2.25. The third kappa shape index (κ3) is 7.41. The number of ether oxygens (including phenoxy) is 1. The molecule has 0 heterocycles. The molecular formula is C15H29NO3. The van der Waals surface area contributed by atoms with Gasteiger partial charge in [-0.25, -0.2) is 4.79 Å². The Hall–Kier alpha value is -0.770. The molecule has 19 heavy (non-hydrogen) atoms. The highest BCUT2D eigenvalue weighted by Gasteiger charge is 2.22. The van der Waals surface area contributed by atoms with Crippen LogP contribution in [0.5, 0.6) is 0 Å². The molecule has 1 aliphatic carbocycles. The van der Waals surface area contributed by atoms with E-state index < -0.39 is 11.7 Å². The van der Waals surface area contributed by atoms with Gasteiger partial charge in [-0.15, -0.1) is 0 Å². The zero-order valence-corrected chi connectivity index (χ0v) is 12.6. The van der Waals surface area contributed by atoms with E-state index in [9.17, 15) is 9.90 Å². The van der Waals surface area contributed by atoms with Gasteiger partial charge in [0.25, 0.3) is 0 Å². The maximum Gasteiger partial charge on any atom is 0.407 e. The maximum absolute atomic E-state index is 11.7. The number of aliphatic hydroxyl groups excluding tert-OH is 1. The van der Waals surface area contributed by atoms with Gasteiger partial charge in [0, 0.05) is 0 Å². The maximum atomic E-state index is 11.7. The monoisotopic (exact) mass is 271 g/mol. The zero-order valence-electron chi connectivity index (χ0n) is 12.6. The molecule has 1 aliphatic rings. The summed E-state index contributed by atoms with van der Waals surface area (Å²) in [6.45, 7) is 5.50. The SMILES string of the molecule is CC(C)(C)OC(=O)NC(CO)CC1CCCCCC1. The summed E-state index contributed by atoms with van der Waals surface area (Å²) in [6.07, 6.45) is 8.04. The van der Waals surface area contributed by atoms with Crippen molar-refractivity contribution in [3.05, 3.63) is 0 Å². The van der Waals surface area contributed by atoms with Crippen LogP contribution in [0.2, 0.25) is 0 Å². The molecule has 4 nitrogen and oxygen atoms in total. The fourth-order valence-corrected chi connectivity index (χ4v) is 2.66. The van der Waals surface area contributed by atoms with Gasteiger partial charge < -0.3 is 15.2 Å². The molecule has 0 spiro atoms. The van der Waals surface area contributed by atoms with Crippen molar-refractivity contribution in [1.29, 1.82) is 0 Å². The number of rotatable bonds is 4. The minimum absolute atomic E-state index is 0.0181. The second-order valence-corrected chi connectivity index (χ2v) is 6.62. The van der Waals surface area contributed by atoms with Crippen molar-refractivity contribution in [3.8, 4) is 0 Å². The van der Waals surface area contributed by atoms with E-state index in [1.165, 1.54) is 38.5 Å². The van der Waals surface area contributed by atoms with Crippen molar-refractivity contribution in [2.75, 3.05) is 6.61 Å². The predicted octanol–water partition coefficient (Wildman–Crippen LogP) is 3.23. The van der Waals surface area contributed by atoms with Crippen LogP contribution in [0.25, 0.3) is 0 Å². The highest BCUT2D eigenvalue weighted by atomic mass is 16.6. The highest BCUT2D eigenvalue weighted by Crippen LogP contribution is 2.26. The van der Waals surface area contributed by atoms with Gasteiger partial charge in [-0.1, -0.05) is 38.5 Å². The molecule has 1 fully saturated rings. The molecule has 1 unspecified atom stereocenters. The molecule has 1 rings (SSSR count). The van der Waals surface area contributed by atoms with E-state index in [1.807, 2.05) is 20.8 Å². The lowest BCUT2D eigenvalue weighted by Crippen LogP contribution is -2.42. The van der Waals surface area contributed by atoms with Gasteiger partial charge in [-0.2, -0.15) is 0 Å². The molecule has 112 valence electrons. The quantitative estimate of drug-likeness (QED) is 0.772. The summed E-state index contributed by atoms with van der Waals surface area (Å²) in [6, 6.07) is -0.182. The molecular weight excluding hydrogens is 242 g/mol. The van der Waals surface area contributed by atoms with Gasteiger partial charge in [-0.3, -0.25) is 0 Å². The third-order valence-corrected chi connectivity index (χ3v) is 3.53. The topological polar surface area (TPSA) is 58.6 Å². The molecule has 1 saturated carbocycles. The van der Waals surface area contributed by atoms with Crippen LogP contribution < -0.4 is 5.32 Å². The number of hydrogen-bond donors (Lipinski definition) is 2. The van der Waals surface area contributed by atoms with Gasteiger partial charge in [-0.05, 0) is 33.1 Å². The molecule has 0 saturated heterocycles. The average Bonchev–Trinajstić information content (AvgIpc) is 2.54. The van der Waals surface area contributed by atoms with E-state index in [1.54, 1.807) is 0 Å². The van der Waals surface area contributed by atoms with Crippen LogP contribution in [0.15, 0.2) is 0 Å². The van der Waals surface area contributed by atoms with Gasteiger partial charge in [0.05, 0.1) is 12.6 Å². The molecule has 0 bridgehead atoms. The predicted molar refractivity (Wildman–Crippen MR) is 76.1 cm³/mol. The van der Waals surface area contributed by atoms with Crippen molar-refractivity contribution in [2.24, 2.45) is 5.92 Å². The molecule has 0 aromatic rings. The van der Waals surface area contributed by atoms with Gasteiger partial charge in [0.2, 0.25) is 0 Å². The average molecular weight is 271 g/mol. The summed E-state index contributed by atoms with van der Waals surface area (Å²) >= 11 is 0. The lowest BCUT2D eigenvalue weighted by atomic mass is 9.93. The Morgan fingerprint density at radius 2 is 1.84 bits per heavy atom. The fraction of sp³-hybridized carbons (Fsp3) is 0.933. The van der Waals surface area contributed by atoms with E-state index in [0.29, 0.717) is 5.92 Å². The van der Waals surface area contributed by atoms with Crippen LogP contribution in [0.1, 0.15) is 65.7 Å².